The van der Waals surface area contributed by atoms with Crippen LogP contribution in [0.2, 0.25) is 5.02 Å². The summed E-state index contributed by atoms with van der Waals surface area (Å²) in [5.74, 6) is 1.29. The second-order valence-corrected chi connectivity index (χ2v) is 12.5. The SMILES string of the molecule is Cc1ccc(C(C)NCc2ccc(-c3ccc(Cl)c(C(=O)NC(CCN4CCN(C)CC4)Cc4ccc(C#N)cc4)c3)o2)cc1. The van der Waals surface area contributed by atoms with E-state index in [0.717, 1.165) is 56.0 Å². The summed E-state index contributed by atoms with van der Waals surface area (Å²) in [4.78, 5) is 18.5. The number of hydrogen-bond acceptors (Lipinski definition) is 6. The summed E-state index contributed by atoms with van der Waals surface area (Å²) >= 11 is 6.58. The van der Waals surface area contributed by atoms with Crippen molar-refractivity contribution < 1.29 is 9.21 Å². The van der Waals surface area contributed by atoms with Gasteiger partial charge in [0.05, 0.1) is 28.8 Å². The van der Waals surface area contributed by atoms with Crippen LogP contribution in [0.4, 0.5) is 0 Å². The number of nitrogens with zero attached hydrogens (tertiary/aromatic N) is 3. The molecule has 1 aliphatic heterocycles. The second kappa shape index (κ2) is 15.4. The minimum Gasteiger partial charge on any atom is -0.460 e. The average molecular weight is 624 g/mol. The Labute approximate surface area is 271 Å². The summed E-state index contributed by atoms with van der Waals surface area (Å²) in [7, 11) is 2.15. The monoisotopic (exact) mass is 623 g/mol. The van der Waals surface area contributed by atoms with Gasteiger partial charge in [-0.2, -0.15) is 5.26 Å². The van der Waals surface area contributed by atoms with Gasteiger partial charge < -0.3 is 24.9 Å². The molecule has 5 rings (SSSR count). The molecule has 3 aromatic carbocycles. The Kier molecular flexibility index (Phi) is 11.1. The number of likely N-dealkylation sites (N-methyl/N-ethyl adjacent to an activating group) is 1. The molecule has 2 atom stereocenters. The number of carbonyl (C=O) groups excluding carboxylic acids is 1. The van der Waals surface area contributed by atoms with Crippen molar-refractivity contribution in [1.82, 2.24) is 20.4 Å². The van der Waals surface area contributed by atoms with Gasteiger partial charge in [-0.15, -0.1) is 0 Å². The van der Waals surface area contributed by atoms with Crippen LogP contribution in [-0.4, -0.2) is 61.5 Å². The van der Waals surface area contributed by atoms with E-state index in [-0.39, 0.29) is 18.0 Å². The molecule has 2 heterocycles. The van der Waals surface area contributed by atoms with Crippen molar-refractivity contribution in [3.8, 4) is 17.4 Å². The molecule has 2 N–H and O–H groups in total. The molecule has 234 valence electrons. The van der Waals surface area contributed by atoms with Gasteiger partial charge in [-0.3, -0.25) is 4.79 Å². The van der Waals surface area contributed by atoms with Gasteiger partial charge in [0.25, 0.3) is 5.91 Å². The van der Waals surface area contributed by atoms with Crippen LogP contribution in [0.3, 0.4) is 0 Å². The normalized spacial score (nSPS) is 15.4. The molecular weight excluding hydrogens is 582 g/mol. The zero-order valence-corrected chi connectivity index (χ0v) is 27.1. The van der Waals surface area contributed by atoms with Gasteiger partial charge in [0.1, 0.15) is 11.5 Å². The number of hydrogen-bond donors (Lipinski definition) is 2. The highest BCUT2D eigenvalue weighted by atomic mass is 35.5. The molecule has 0 saturated carbocycles. The van der Waals surface area contributed by atoms with Gasteiger partial charge in [0, 0.05) is 50.4 Å². The summed E-state index contributed by atoms with van der Waals surface area (Å²) in [5.41, 5.74) is 5.38. The van der Waals surface area contributed by atoms with Crippen LogP contribution in [0, 0.1) is 18.3 Å². The highest BCUT2D eigenvalue weighted by molar-refractivity contribution is 6.34. The maximum atomic E-state index is 13.7. The first kappa shape index (κ1) is 32.5. The summed E-state index contributed by atoms with van der Waals surface area (Å²) < 4.78 is 6.17. The van der Waals surface area contributed by atoms with Crippen LogP contribution in [0.25, 0.3) is 11.3 Å². The fourth-order valence-electron chi connectivity index (χ4n) is 5.61. The van der Waals surface area contributed by atoms with Gasteiger partial charge in [-0.25, -0.2) is 0 Å². The summed E-state index contributed by atoms with van der Waals surface area (Å²) in [5, 5.41) is 16.4. The van der Waals surface area contributed by atoms with Crippen LogP contribution in [0.1, 0.15) is 57.8 Å². The lowest BCUT2D eigenvalue weighted by Gasteiger charge is -2.33. The molecule has 8 heteroatoms. The highest BCUT2D eigenvalue weighted by Gasteiger charge is 2.21. The number of nitriles is 1. The van der Waals surface area contributed by atoms with Crippen molar-refractivity contribution in [2.75, 3.05) is 39.8 Å². The van der Waals surface area contributed by atoms with E-state index in [1.807, 2.05) is 48.5 Å². The first-order valence-electron chi connectivity index (χ1n) is 15.7. The Bertz CT molecular complexity index is 1600. The standard InChI is InChI=1S/C37H42ClN5O2/c1-26-4-10-30(11-5-26)27(2)40-25-33-13-15-36(45-33)31-12-14-35(38)34(23-31)37(44)41-32(16-17-43-20-18-42(3)19-21-43)22-28-6-8-29(24-39)9-7-28/h4-15,23,27,32,40H,16-22,25H2,1-3H3,(H,41,44). The Morgan fingerprint density at radius 2 is 1.73 bits per heavy atom. The van der Waals surface area contributed by atoms with E-state index in [2.05, 4.69) is 71.7 Å². The molecule has 0 spiro atoms. The number of aryl methyl sites for hydroxylation is 1. The second-order valence-electron chi connectivity index (χ2n) is 12.1. The Balaban J connectivity index is 1.25. The largest absolute Gasteiger partial charge is 0.460 e. The summed E-state index contributed by atoms with van der Waals surface area (Å²) in [6.07, 6.45) is 1.47. The first-order chi connectivity index (χ1) is 21.8. The van der Waals surface area contributed by atoms with Crippen LogP contribution in [-0.2, 0) is 13.0 Å². The predicted molar refractivity (Wildman–Crippen MR) is 180 cm³/mol. The van der Waals surface area contributed by atoms with E-state index in [0.29, 0.717) is 34.9 Å². The molecule has 0 bridgehead atoms. The molecule has 1 saturated heterocycles. The first-order valence-corrected chi connectivity index (χ1v) is 16.0. The third-order valence-corrected chi connectivity index (χ3v) is 8.94. The molecule has 1 aromatic heterocycles. The van der Waals surface area contributed by atoms with Gasteiger partial charge in [-0.1, -0.05) is 53.6 Å². The van der Waals surface area contributed by atoms with E-state index >= 15 is 0 Å². The Morgan fingerprint density at radius 1 is 1.00 bits per heavy atom. The number of furan rings is 1. The Morgan fingerprint density at radius 3 is 2.44 bits per heavy atom. The third kappa shape index (κ3) is 9.06. The van der Waals surface area contributed by atoms with E-state index < -0.39 is 0 Å². The molecule has 0 radical (unpaired) electrons. The zero-order chi connectivity index (χ0) is 31.8. The molecule has 7 nitrogen and oxygen atoms in total. The van der Waals surface area contributed by atoms with E-state index in [4.69, 9.17) is 16.0 Å². The lowest BCUT2D eigenvalue weighted by atomic mass is 10.0. The maximum Gasteiger partial charge on any atom is 0.253 e. The number of amides is 1. The van der Waals surface area contributed by atoms with Gasteiger partial charge in [-0.05, 0) is 87.3 Å². The fourth-order valence-corrected chi connectivity index (χ4v) is 5.81. The molecule has 4 aromatic rings. The molecule has 1 aliphatic rings. The summed E-state index contributed by atoms with van der Waals surface area (Å²) in [6, 6.07) is 27.7. The fraction of sp³-hybridized carbons (Fsp3) is 0.351. The highest BCUT2D eigenvalue weighted by Crippen LogP contribution is 2.28. The van der Waals surface area contributed by atoms with Gasteiger partial charge in [0.15, 0.2) is 0 Å². The summed E-state index contributed by atoms with van der Waals surface area (Å²) in [6.45, 7) is 9.84. The number of nitrogens with one attached hydrogen (secondary N) is 2. The molecular formula is C37H42ClN5O2. The van der Waals surface area contributed by atoms with Crippen LogP contribution < -0.4 is 10.6 Å². The molecule has 0 aliphatic carbocycles. The van der Waals surface area contributed by atoms with Crippen molar-refractivity contribution >= 4 is 17.5 Å². The smallest absolute Gasteiger partial charge is 0.253 e. The van der Waals surface area contributed by atoms with Crippen LogP contribution >= 0.6 is 11.6 Å². The van der Waals surface area contributed by atoms with Crippen LogP contribution in [0.5, 0.6) is 0 Å². The predicted octanol–water partition coefficient (Wildman–Crippen LogP) is 6.61. The Hall–Kier alpha value is -3.93. The number of benzene rings is 3. The van der Waals surface area contributed by atoms with E-state index in [1.54, 1.807) is 6.07 Å². The van der Waals surface area contributed by atoms with Crippen molar-refractivity contribution in [2.24, 2.45) is 0 Å². The van der Waals surface area contributed by atoms with Crippen molar-refractivity contribution in [3.05, 3.63) is 117 Å². The van der Waals surface area contributed by atoms with Gasteiger partial charge >= 0.3 is 0 Å². The lowest BCUT2D eigenvalue weighted by Crippen LogP contribution is -2.46. The molecule has 1 amide bonds. The molecule has 1 fully saturated rings. The minimum absolute atomic E-state index is 0.0957. The molecule has 2 unspecified atom stereocenters. The number of halogens is 1. The van der Waals surface area contributed by atoms with Crippen molar-refractivity contribution in [2.45, 2.75) is 45.3 Å². The maximum absolute atomic E-state index is 13.7. The number of carbonyl (C=O) groups is 1. The minimum atomic E-state index is -0.209. The van der Waals surface area contributed by atoms with E-state index in [1.165, 1.54) is 11.1 Å². The number of rotatable bonds is 12. The lowest BCUT2D eigenvalue weighted by molar-refractivity contribution is 0.0927. The van der Waals surface area contributed by atoms with E-state index in [9.17, 15) is 10.1 Å². The quantitative estimate of drug-likeness (QED) is 0.185. The van der Waals surface area contributed by atoms with Gasteiger partial charge in [0.2, 0.25) is 0 Å². The van der Waals surface area contributed by atoms with Crippen molar-refractivity contribution in [3.63, 3.8) is 0 Å². The molecule has 45 heavy (non-hydrogen) atoms. The van der Waals surface area contributed by atoms with Crippen molar-refractivity contribution in [1.29, 1.82) is 5.26 Å². The zero-order valence-electron chi connectivity index (χ0n) is 26.4. The third-order valence-electron chi connectivity index (χ3n) is 8.61. The number of piperazine rings is 1. The average Bonchev–Trinajstić information content (AvgIpc) is 3.53. The topological polar surface area (TPSA) is 84.5 Å². The van der Waals surface area contributed by atoms with Crippen LogP contribution in [0.15, 0.2) is 83.3 Å².